The molecule has 2 aliphatic heterocycles. The number of carbonyl (C=O) groups excluding carboxylic acids is 1. The first-order valence-corrected chi connectivity index (χ1v) is 9.15. The molecular formula is C19H29NO5. The fourth-order valence-corrected chi connectivity index (χ4v) is 3.34. The molecular weight excluding hydrogens is 322 g/mol. The highest BCUT2D eigenvalue weighted by Crippen LogP contribution is 2.35. The van der Waals surface area contributed by atoms with Gasteiger partial charge in [0.25, 0.3) is 0 Å². The monoisotopic (exact) mass is 352 g/mol. The second kappa shape index (κ2) is 7.79. The van der Waals surface area contributed by atoms with Crippen LogP contribution in [0.15, 0.2) is 23.5 Å². The number of rotatable bonds is 7. The van der Waals surface area contributed by atoms with Gasteiger partial charge in [0.05, 0.1) is 13.2 Å². The van der Waals surface area contributed by atoms with Gasteiger partial charge in [0.1, 0.15) is 11.9 Å². The molecule has 0 aromatic rings. The fourth-order valence-electron chi connectivity index (χ4n) is 3.34. The lowest BCUT2D eigenvalue weighted by Gasteiger charge is -2.36. The molecule has 0 aromatic heterocycles. The summed E-state index contributed by atoms with van der Waals surface area (Å²) in [7, 11) is 0. The Morgan fingerprint density at radius 2 is 2.16 bits per heavy atom. The molecule has 25 heavy (non-hydrogen) atoms. The van der Waals surface area contributed by atoms with Crippen LogP contribution in [0.5, 0.6) is 0 Å². The van der Waals surface area contributed by atoms with Gasteiger partial charge in [-0.15, -0.1) is 0 Å². The molecule has 0 aromatic carbocycles. The van der Waals surface area contributed by atoms with Crippen molar-refractivity contribution in [2.75, 3.05) is 26.3 Å². The maximum atomic E-state index is 12.2. The lowest BCUT2D eigenvalue weighted by molar-refractivity contribution is -0.202. The number of ether oxygens (including phenoxy) is 3. The standard InChI is InChI=1S/C19H29NO5/c1-19(2)23-13-15-11-14(7-8-16(15)25-19)17-12-20(18(22)24-17)9-5-3-4-6-10-21/h8,11,14,17,21H,3-7,9-10,12-13H2,1-2H3/i14D. The summed E-state index contributed by atoms with van der Waals surface area (Å²) in [4.78, 5) is 13.8. The number of amides is 1. The van der Waals surface area contributed by atoms with Gasteiger partial charge in [-0.05, 0) is 25.3 Å². The molecule has 1 N–H and O–H groups in total. The van der Waals surface area contributed by atoms with Crippen LogP contribution in [0.1, 0.15) is 47.3 Å². The van der Waals surface area contributed by atoms with Gasteiger partial charge in [-0.25, -0.2) is 4.79 Å². The molecule has 1 amide bonds. The summed E-state index contributed by atoms with van der Waals surface area (Å²) in [5.74, 6) is -0.874. The lowest BCUT2D eigenvalue weighted by Crippen LogP contribution is -2.36. The Labute approximate surface area is 150 Å². The first kappa shape index (κ1) is 16.9. The Balaban J connectivity index is 1.57. The summed E-state index contributed by atoms with van der Waals surface area (Å²) in [5, 5.41) is 8.80. The van der Waals surface area contributed by atoms with E-state index in [1.807, 2.05) is 26.0 Å². The van der Waals surface area contributed by atoms with Gasteiger partial charge in [0.2, 0.25) is 5.79 Å². The van der Waals surface area contributed by atoms with Crippen molar-refractivity contribution in [1.29, 1.82) is 0 Å². The zero-order valence-electron chi connectivity index (χ0n) is 16.1. The van der Waals surface area contributed by atoms with E-state index in [0.29, 0.717) is 26.1 Å². The van der Waals surface area contributed by atoms with E-state index in [0.717, 1.165) is 37.0 Å². The van der Waals surface area contributed by atoms with Gasteiger partial charge in [0.15, 0.2) is 0 Å². The number of fused-ring (bicyclic) bond motifs is 1. The van der Waals surface area contributed by atoms with E-state index in [-0.39, 0.29) is 12.7 Å². The maximum absolute atomic E-state index is 12.2. The van der Waals surface area contributed by atoms with Crippen molar-refractivity contribution < 1.29 is 25.5 Å². The third-order valence-corrected chi connectivity index (χ3v) is 4.77. The third-order valence-electron chi connectivity index (χ3n) is 4.77. The predicted molar refractivity (Wildman–Crippen MR) is 92.8 cm³/mol. The van der Waals surface area contributed by atoms with Crippen molar-refractivity contribution in [2.24, 2.45) is 5.89 Å². The molecule has 3 rings (SSSR count). The normalized spacial score (nSPS) is 31.5. The van der Waals surface area contributed by atoms with Gasteiger partial charge in [-0.3, -0.25) is 0 Å². The SMILES string of the molecule is [2H]C1(C2CN(CCCCCCO)C(=O)O2)C=C2COC(C)(C)OC2=CC1. The van der Waals surface area contributed by atoms with Crippen LogP contribution >= 0.6 is 0 Å². The summed E-state index contributed by atoms with van der Waals surface area (Å²) in [6.07, 6.45) is 6.98. The van der Waals surface area contributed by atoms with Gasteiger partial charge < -0.3 is 24.2 Å². The van der Waals surface area contributed by atoms with Crippen LogP contribution in [0.2, 0.25) is 0 Å². The van der Waals surface area contributed by atoms with Crippen molar-refractivity contribution in [3.05, 3.63) is 23.5 Å². The van der Waals surface area contributed by atoms with E-state index >= 15 is 0 Å². The molecule has 1 aliphatic carbocycles. The maximum Gasteiger partial charge on any atom is 0.410 e. The summed E-state index contributed by atoms with van der Waals surface area (Å²) in [5.41, 5.74) is 0.851. The molecule has 6 heteroatoms. The van der Waals surface area contributed by atoms with Crippen molar-refractivity contribution in [1.82, 2.24) is 4.90 Å². The molecule has 6 nitrogen and oxygen atoms in total. The first-order valence-electron chi connectivity index (χ1n) is 9.65. The average molecular weight is 352 g/mol. The smallest absolute Gasteiger partial charge is 0.410 e. The molecule has 2 heterocycles. The average Bonchev–Trinajstić information content (AvgIpc) is 2.96. The fraction of sp³-hybridized carbons (Fsp3) is 0.737. The minimum atomic E-state index is -0.992. The van der Waals surface area contributed by atoms with Crippen LogP contribution in [0.3, 0.4) is 0 Å². The largest absolute Gasteiger partial charge is 0.463 e. The highest BCUT2D eigenvalue weighted by Gasteiger charge is 2.38. The number of unbranched alkanes of at least 4 members (excludes halogenated alkanes) is 3. The Morgan fingerprint density at radius 1 is 1.36 bits per heavy atom. The second-order valence-electron chi connectivity index (χ2n) is 7.26. The second-order valence-corrected chi connectivity index (χ2v) is 7.26. The Bertz CT molecular complexity index is 603. The molecule has 140 valence electrons. The molecule has 2 saturated heterocycles. The summed E-state index contributed by atoms with van der Waals surface area (Å²) in [6.45, 7) is 5.41. The quantitative estimate of drug-likeness (QED) is 0.714. The van der Waals surface area contributed by atoms with E-state index in [9.17, 15) is 4.79 Å². The molecule has 2 atom stereocenters. The molecule has 2 fully saturated rings. The first-order chi connectivity index (χ1) is 12.3. The van der Waals surface area contributed by atoms with Crippen LogP contribution in [-0.2, 0) is 14.2 Å². The van der Waals surface area contributed by atoms with E-state index in [2.05, 4.69) is 0 Å². The zero-order valence-corrected chi connectivity index (χ0v) is 15.1. The van der Waals surface area contributed by atoms with Crippen LogP contribution < -0.4 is 0 Å². The molecule has 0 radical (unpaired) electrons. The number of allylic oxidation sites excluding steroid dienone is 1. The molecule has 0 spiro atoms. The molecule has 0 bridgehead atoms. The number of nitrogens with zero attached hydrogens (tertiary/aromatic N) is 1. The van der Waals surface area contributed by atoms with Crippen LogP contribution in [0.4, 0.5) is 4.79 Å². The van der Waals surface area contributed by atoms with Gasteiger partial charge >= 0.3 is 6.09 Å². The van der Waals surface area contributed by atoms with Gasteiger partial charge in [-0.2, -0.15) is 0 Å². The topological polar surface area (TPSA) is 68.2 Å². The van der Waals surface area contributed by atoms with Gasteiger partial charge in [0, 0.05) is 39.8 Å². The van der Waals surface area contributed by atoms with E-state index < -0.39 is 17.8 Å². The molecule has 3 aliphatic rings. The Morgan fingerprint density at radius 3 is 2.96 bits per heavy atom. The Hall–Kier alpha value is -1.53. The Kier molecular flexibility index (Phi) is 5.27. The predicted octanol–water partition coefficient (Wildman–Crippen LogP) is 2.97. The number of cyclic esters (lactones) is 1. The van der Waals surface area contributed by atoms with Crippen molar-refractivity contribution in [2.45, 2.75) is 57.8 Å². The lowest BCUT2D eigenvalue weighted by atomic mass is 9.90. The summed E-state index contributed by atoms with van der Waals surface area (Å²) < 4.78 is 25.8. The highest BCUT2D eigenvalue weighted by molar-refractivity contribution is 5.70. The van der Waals surface area contributed by atoms with Crippen LogP contribution in [-0.4, -0.2) is 54.3 Å². The zero-order chi connectivity index (χ0) is 18.8. The van der Waals surface area contributed by atoms with Crippen molar-refractivity contribution in [3.8, 4) is 0 Å². The minimum absolute atomic E-state index is 0.212. The number of aliphatic hydroxyl groups is 1. The van der Waals surface area contributed by atoms with Gasteiger partial charge in [-0.1, -0.05) is 18.9 Å². The van der Waals surface area contributed by atoms with E-state index in [4.69, 9.17) is 20.7 Å². The number of aliphatic hydroxyl groups excluding tert-OH is 1. The van der Waals surface area contributed by atoms with E-state index in [1.54, 1.807) is 4.90 Å². The van der Waals surface area contributed by atoms with Crippen molar-refractivity contribution in [3.63, 3.8) is 0 Å². The third kappa shape index (κ3) is 4.55. The number of carbonyl (C=O) groups is 1. The number of hydrogen-bond donors (Lipinski definition) is 1. The van der Waals surface area contributed by atoms with Crippen molar-refractivity contribution >= 4 is 6.09 Å². The van der Waals surface area contributed by atoms with Crippen LogP contribution in [0.25, 0.3) is 0 Å². The number of hydrogen-bond acceptors (Lipinski definition) is 5. The van der Waals surface area contributed by atoms with E-state index in [1.165, 1.54) is 0 Å². The molecule has 2 unspecified atom stereocenters. The highest BCUT2D eigenvalue weighted by atomic mass is 16.7. The summed E-state index contributed by atoms with van der Waals surface area (Å²) >= 11 is 0. The molecule has 0 saturated carbocycles. The summed E-state index contributed by atoms with van der Waals surface area (Å²) in [6, 6.07) is 0. The minimum Gasteiger partial charge on any atom is -0.463 e. The van der Waals surface area contributed by atoms with Crippen LogP contribution in [0, 0.1) is 5.89 Å².